The summed E-state index contributed by atoms with van der Waals surface area (Å²) in [6, 6.07) is 12.3. The number of anilines is 2. The van der Waals surface area contributed by atoms with Gasteiger partial charge in [0.25, 0.3) is 5.91 Å². The van der Waals surface area contributed by atoms with Gasteiger partial charge in [0, 0.05) is 11.6 Å². The third kappa shape index (κ3) is 4.07. The standard InChI is InChI=1S/C16H17N3O3S/c20-16(12-4-2-1-3-5-12)19-13-6-7-15(17-10-13)18-14-8-9-23(21,22)11-14/h1-7,10,14H,8-9,11H2,(H,17,18)(H,19,20). The van der Waals surface area contributed by atoms with Gasteiger partial charge in [0.15, 0.2) is 9.84 Å². The summed E-state index contributed by atoms with van der Waals surface area (Å²) in [5.74, 6) is 0.761. The monoisotopic (exact) mass is 331 g/mol. The summed E-state index contributed by atoms with van der Waals surface area (Å²) >= 11 is 0. The topological polar surface area (TPSA) is 88.2 Å². The van der Waals surface area contributed by atoms with Crippen molar-refractivity contribution in [3.05, 3.63) is 54.2 Å². The van der Waals surface area contributed by atoms with Crippen molar-refractivity contribution in [1.29, 1.82) is 0 Å². The van der Waals surface area contributed by atoms with Gasteiger partial charge in [-0.05, 0) is 30.7 Å². The predicted molar refractivity (Wildman–Crippen MR) is 89.3 cm³/mol. The Morgan fingerprint density at radius 3 is 2.52 bits per heavy atom. The second kappa shape index (κ2) is 6.37. The van der Waals surface area contributed by atoms with Crippen LogP contribution in [-0.4, -0.2) is 36.9 Å². The summed E-state index contributed by atoms with van der Waals surface area (Å²) in [5.41, 5.74) is 1.16. The van der Waals surface area contributed by atoms with Crippen molar-refractivity contribution >= 4 is 27.2 Å². The number of hydrogen-bond donors (Lipinski definition) is 2. The predicted octanol–water partition coefficient (Wildman–Crippen LogP) is 1.93. The molecule has 0 radical (unpaired) electrons. The van der Waals surface area contributed by atoms with Crippen LogP contribution in [0.15, 0.2) is 48.7 Å². The molecule has 120 valence electrons. The van der Waals surface area contributed by atoms with Crippen LogP contribution >= 0.6 is 0 Å². The third-order valence-electron chi connectivity index (χ3n) is 3.64. The number of nitrogens with zero attached hydrogens (tertiary/aromatic N) is 1. The maximum Gasteiger partial charge on any atom is 0.255 e. The zero-order chi connectivity index (χ0) is 16.3. The van der Waals surface area contributed by atoms with Gasteiger partial charge in [0.1, 0.15) is 5.82 Å². The molecular formula is C16H17N3O3S. The Kier molecular flexibility index (Phi) is 4.29. The van der Waals surface area contributed by atoms with E-state index >= 15 is 0 Å². The SMILES string of the molecule is O=C(Nc1ccc(NC2CCS(=O)(=O)C2)nc1)c1ccccc1. The molecule has 2 aromatic rings. The number of nitrogens with one attached hydrogen (secondary N) is 2. The molecule has 2 heterocycles. The summed E-state index contributed by atoms with van der Waals surface area (Å²) < 4.78 is 22.9. The van der Waals surface area contributed by atoms with Gasteiger partial charge in [-0.3, -0.25) is 4.79 Å². The second-order valence-corrected chi connectivity index (χ2v) is 7.73. The van der Waals surface area contributed by atoms with Crippen LogP contribution in [0, 0.1) is 0 Å². The average Bonchev–Trinajstić information content (AvgIpc) is 2.89. The van der Waals surface area contributed by atoms with Crippen LogP contribution in [0.4, 0.5) is 11.5 Å². The van der Waals surface area contributed by atoms with Gasteiger partial charge in [-0.25, -0.2) is 13.4 Å². The van der Waals surface area contributed by atoms with Crippen molar-refractivity contribution in [2.75, 3.05) is 22.1 Å². The number of sulfone groups is 1. The lowest BCUT2D eigenvalue weighted by Crippen LogP contribution is -2.21. The molecule has 7 heteroatoms. The van der Waals surface area contributed by atoms with E-state index in [-0.39, 0.29) is 23.5 Å². The van der Waals surface area contributed by atoms with Gasteiger partial charge < -0.3 is 10.6 Å². The third-order valence-corrected chi connectivity index (χ3v) is 5.41. The normalized spacial score (nSPS) is 19.2. The highest BCUT2D eigenvalue weighted by Crippen LogP contribution is 2.17. The first-order chi connectivity index (χ1) is 11.0. The van der Waals surface area contributed by atoms with Crippen molar-refractivity contribution < 1.29 is 13.2 Å². The fraction of sp³-hybridized carbons (Fsp3) is 0.250. The summed E-state index contributed by atoms with van der Waals surface area (Å²) in [5, 5.41) is 5.87. The number of carbonyl (C=O) groups excluding carboxylic acids is 1. The lowest BCUT2D eigenvalue weighted by atomic mass is 10.2. The van der Waals surface area contributed by atoms with E-state index in [1.807, 2.05) is 6.07 Å². The molecule has 0 bridgehead atoms. The Bertz CT molecular complexity index is 789. The Morgan fingerprint density at radius 2 is 1.91 bits per heavy atom. The summed E-state index contributed by atoms with van der Waals surface area (Å²) in [6.07, 6.45) is 2.14. The van der Waals surface area contributed by atoms with Crippen molar-refractivity contribution in [2.24, 2.45) is 0 Å². The summed E-state index contributed by atoms with van der Waals surface area (Å²) in [4.78, 5) is 16.2. The van der Waals surface area contributed by atoms with E-state index < -0.39 is 9.84 Å². The van der Waals surface area contributed by atoms with E-state index in [1.54, 1.807) is 42.6 Å². The minimum absolute atomic E-state index is 0.0998. The first-order valence-electron chi connectivity index (χ1n) is 7.31. The van der Waals surface area contributed by atoms with Gasteiger partial charge in [0.2, 0.25) is 0 Å². The van der Waals surface area contributed by atoms with Crippen LogP contribution in [-0.2, 0) is 9.84 Å². The number of benzene rings is 1. The van der Waals surface area contributed by atoms with Crippen LogP contribution < -0.4 is 10.6 Å². The molecule has 1 aromatic heterocycles. The van der Waals surface area contributed by atoms with Crippen molar-refractivity contribution in [3.8, 4) is 0 Å². The smallest absolute Gasteiger partial charge is 0.255 e. The molecule has 2 N–H and O–H groups in total. The molecule has 1 aliphatic rings. The van der Waals surface area contributed by atoms with Crippen LogP contribution in [0.2, 0.25) is 0 Å². The van der Waals surface area contributed by atoms with E-state index in [0.717, 1.165) is 0 Å². The first-order valence-corrected chi connectivity index (χ1v) is 9.13. The average molecular weight is 331 g/mol. The Labute approximate surface area is 134 Å². The fourth-order valence-corrected chi connectivity index (χ4v) is 4.14. The zero-order valence-electron chi connectivity index (χ0n) is 12.4. The number of rotatable bonds is 4. The first kappa shape index (κ1) is 15.5. The number of pyridine rings is 1. The van der Waals surface area contributed by atoms with Gasteiger partial charge >= 0.3 is 0 Å². The fourth-order valence-electron chi connectivity index (χ4n) is 2.46. The highest BCUT2D eigenvalue weighted by atomic mass is 32.2. The van der Waals surface area contributed by atoms with Crippen molar-refractivity contribution in [1.82, 2.24) is 4.98 Å². The van der Waals surface area contributed by atoms with E-state index in [4.69, 9.17) is 0 Å². The molecule has 1 saturated heterocycles. The zero-order valence-corrected chi connectivity index (χ0v) is 13.2. The van der Waals surface area contributed by atoms with E-state index in [1.165, 1.54) is 0 Å². The Morgan fingerprint density at radius 1 is 1.13 bits per heavy atom. The molecule has 23 heavy (non-hydrogen) atoms. The lowest BCUT2D eigenvalue weighted by Gasteiger charge is -2.12. The van der Waals surface area contributed by atoms with Crippen molar-refractivity contribution in [3.63, 3.8) is 0 Å². The quantitative estimate of drug-likeness (QED) is 0.894. The minimum Gasteiger partial charge on any atom is -0.366 e. The van der Waals surface area contributed by atoms with E-state index in [9.17, 15) is 13.2 Å². The summed E-state index contributed by atoms with van der Waals surface area (Å²) in [7, 11) is -2.92. The van der Waals surface area contributed by atoms with Gasteiger partial charge in [-0.15, -0.1) is 0 Å². The Balaban J connectivity index is 1.60. The Hall–Kier alpha value is -2.41. The van der Waals surface area contributed by atoms with Crippen LogP contribution in [0.25, 0.3) is 0 Å². The molecule has 1 atom stereocenters. The molecule has 1 fully saturated rings. The van der Waals surface area contributed by atoms with E-state index in [0.29, 0.717) is 23.5 Å². The van der Waals surface area contributed by atoms with Crippen LogP contribution in [0.3, 0.4) is 0 Å². The van der Waals surface area contributed by atoms with Gasteiger partial charge in [0.05, 0.1) is 23.4 Å². The summed E-state index contributed by atoms with van der Waals surface area (Å²) in [6.45, 7) is 0. The molecule has 0 saturated carbocycles. The van der Waals surface area contributed by atoms with Crippen LogP contribution in [0.1, 0.15) is 16.8 Å². The number of hydrogen-bond acceptors (Lipinski definition) is 5. The number of carbonyl (C=O) groups is 1. The highest BCUT2D eigenvalue weighted by molar-refractivity contribution is 7.91. The lowest BCUT2D eigenvalue weighted by molar-refractivity contribution is 0.102. The van der Waals surface area contributed by atoms with E-state index in [2.05, 4.69) is 15.6 Å². The van der Waals surface area contributed by atoms with Gasteiger partial charge in [-0.2, -0.15) is 0 Å². The maximum atomic E-state index is 12.0. The second-order valence-electron chi connectivity index (χ2n) is 5.50. The molecule has 3 rings (SSSR count). The molecule has 0 spiro atoms. The maximum absolute atomic E-state index is 12.0. The molecule has 1 aliphatic heterocycles. The molecule has 0 aliphatic carbocycles. The number of amides is 1. The minimum atomic E-state index is -2.92. The van der Waals surface area contributed by atoms with Gasteiger partial charge in [-0.1, -0.05) is 18.2 Å². The molecule has 6 nitrogen and oxygen atoms in total. The largest absolute Gasteiger partial charge is 0.366 e. The molecular weight excluding hydrogens is 314 g/mol. The van der Waals surface area contributed by atoms with Crippen molar-refractivity contribution in [2.45, 2.75) is 12.5 Å². The molecule has 1 aromatic carbocycles. The number of aromatic nitrogens is 1. The molecule has 1 unspecified atom stereocenters. The van der Waals surface area contributed by atoms with Crippen LogP contribution in [0.5, 0.6) is 0 Å². The highest BCUT2D eigenvalue weighted by Gasteiger charge is 2.27. The molecule has 1 amide bonds.